The first kappa shape index (κ1) is 15.0. The number of hydrogen-bond donors (Lipinski definition) is 1. The molecule has 0 radical (unpaired) electrons. The van der Waals surface area contributed by atoms with Gasteiger partial charge >= 0.3 is 5.97 Å². The van der Waals surface area contributed by atoms with Crippen molar-refractivity contribution in [1.82, 2.24) is 4.57 Å². The average molecular weight is 322 g/mol. The van der Waals surface area contributed by atoms with Crippen molar-refractivity contribution in [3.63, 3.8) is 0 Å². The molecule has 0 saturated carbocycles. The fourth-order valence-electron chi connectivity index (χ4n) is 3.28. The maximum Gasteiger partial charge on any atom is 0.304 e. The summed E-state index contributed by atoms with van der Waals surface area (Å²) in [5.74, 6) is -0.919. The molecule has 2 aliphatic rings. The van der Waals surface area contributed by atoms with E-state index in [1.165, 1.54) is 6.26 Å². The predicted molar refractivity (Wildman–Crippen MR) is 81.4 cm³/mol. The van der Waals surface area contributed by atoms with Crippen molar-refractivity contribution in [2.75, 3.05) is 6.26 Å². The van der Waals surface area contributed by atoms with Crippen LogP contribution in [0.2, 0.25) is 0 Å². The molecule has 1 unspecified atom stereocenters. The van der Waals surface area contributed by atoms with E-state index in [0.29, 0.717) is 22.0 Å². The molecule has 0 aliphatic carbocycles. The van der Waals surface area contributed by atoms with Gasteiger partial charge in [0, 0.05) is 42.3 Å². The van der Waals surface area contributed by atoms with Gasteiger partial charge in [0.05, 0.1) is 11.3 Å². The Kier molecular flexibility index (Phi) is 3.68. The molecule has 1 atom stereocenters. The Bertz CT molecular complexity index is 877. The minimum Gasteiger partial charge on any atom is -0.481 e. The number of carbonyl (C=O) groups is 1. The van der Waals surface area contributed by atoms with E-state index in [1.807, 2.05) is 10.6 Å². The van der Waals surface area contributed by atoms with Gasteiger partial charge in [0.15, 0.2) is 9.84 Å². The molecule has 22 heavy (non-hydrogen) atoms. The van der Waals surface area contributed by atoms with Gasteiger partial charge in [-0.1, -0.05) is 6.08 Å². The highest BCUT2D eigenvalue weighted by atomic mass is 32.2. The molecule has 0 fully saturated rings. The van der Waals surface area contributed by atoms with Crippen molar-refractivity contribution in [3.05, 3.63) is 34.7 Å². The van der Waals surface area contributed by atoms with E-state index >= 15 is 0 Å². The largest absolute Gasteiger partial charge is 0.481 e. The Morgan fingerprint density at radius 2 is 2.27 bits per heavy atom. The molecule has 1 N–H and O–H groups in total. The Labute approximate surface area is 128 Å². The summed E-state index contributed by atoms with van der Waals surface area (Å²) in [6.07, 6.45) is 6.64. The maximum atomic E-state index is 12.1. The number of allylic oxidation sites excluding steroid dienone is 1. The van der Waals surface area contributed by atoms with Crippen LogP contribution in [0.15, 0.2) is 23.3 Å². The summed E-state index contributed by atoms with van der Waals surface area (Å²) in [6, 6.07) is 1.83. The molecule has 2 aliphatic heterocycles. The lowest BCUT2D eigenvalue weighted by Gasteiger charge is -2.23. The quantitative estimate of drug-likeness (QED) is 0.879. The third kappa shape index (κ3) is 2.61. The summed E-state index contributed by atoms with van der Waals surface area (Å²) >= 11 is 0. The average Bonchev–Trinajstić information content (AvgIpc) is 2.63. The van der Waals surface area contributed by atoms with Gasteiger partial charge in [-0.05, 0) is 18.9 Å². The zero-order valence-electron chi connectivity index (χ0n) is 12.3. The number of aromatic nitrogens is 1. The van der Waals surface area contributed by atoms with Gasteiger partial charge in [0.1, 0.15) is 5.49 Å². The van der Waals surface area contributed by atoms with Crippen molar-refractivity contribution in [2.24, 2.45) is 4.99 Å². The second-order valence-electron chi connectivity index (χ2n) is 5.81. The minimum absolute atomic E-state index is 0.0624. The van der Waals surface area contributed by atoms with Gasteiger partial charge in [-0.25, -0.2) is 13.4 Å². The van der Waals surface area contributed by atoms with Crippen molar-refractivity contribution >= 4 is 20.7 Å². The van der Waals surface area contributed by atoms with Crippen LogP contribution in [0, 0.1) is 0 Å². The molecule has 1 aromatic rings. The second-order valence-corrected chi connectivity index (χ2v) is 7.85. The van der Waals surface area contributed by atoms with Crippen molar-refractivity contribution in [3.8, 4) is 0 Å². The smallest absolute Gasteiger partial charge is 0.304 e. The third-order valence-corrected chi connectivity index (χ3v) is 5.51. The molecule has 3 rings (SSSR count). The molecule has 0 spiro atoms. The number of aliphatic carboxylic acids is 1. The van der Waals surface area contributed by atoms with E-state index in [4.69, 9.17) is 5.11 Å². The van der Waals surface area contributed by atoms with Crippen LogP contribution in [0.4, 0.5) is 0 Å². The van der Waals surface area contributed by atoms with Crippen LogP contribution in [-0.4, -0.2) is 30.3 Å². The molecule has 118 valence electrons. The summed E-state index contributed by atoms with van der Waals surface area (Å²) in [5.41, 5.74) is 1.53. The Morgan fingerprint density at radius 1 is 1.50 bits per heavy atom. The topological polar surface area (TPSA) is 88.7 Å². The van der Waals surface area contributed by atoms with Crippen LogP contribution in [0.3, 0.4) is 0 Å². The number of hydrogen-bond acceptors (Lipinski definition) is 4. The second kappa shape index (κ2) is 5.39. The van der Waals surface area contributed by atoms with Crippen LogP contribution >= 0.6 is 0 Å². The Hall–Kier alpha value is -1.89. The van der Waals surface area contributed by atoms with Gasteiger partial charge in [0.25, 0.3) is 0 Å². The highest BCUT2D eigenvalue weighted by molar-refractivity contribution is 7.99. The molecule has 1 aromatic heterocycles. The highest BCUT2D eigenvalue weighted by Crippen LogP contribution is 2.28. The third-order valence-electron chi connectivity index (χ3n) is 4.23. The van der Waals surface area contributed by atoms with Crippen LogP contribution in [0.5, 0.6) is 0 Å². The number of carboxylic acid groups (broad SMARTS) is 1. The SMILES string of the molecule is CS(=O)(=O)C1=c2cc3n(c2=NC=CC1)CCCC3CC(=O)O. The summed E-state index contributed by atoms with van der Waals surface area (Å²) in [5, 5.41) is 9.70. The summed E-state index contributed by atoms with van der Waals surface area (Å²) in [4.78, 5) is 15.8. The predicted octanol–water partition coefficient (Wildman–Crippen LogP) is 0.530. The fraction of sp³-hybridized carbons (Fsp3) is 0.467. The zero-order chi connectivity index (χ0) is 15.9. The Morgan fingerprint density at radius 3 is 2.95 bits per heavy atom. The normalized spacial score (nSPS) is 20.8. The molecule has 7 heteroatoms. The van der Waals surface area contributed by atoms with Crippen LogP contribution in [-0.2, 0) is 21.2 Å². The molecule has 0 saturated heterocycles. The molecule has 6 nitrogen and oxygen atoms in total. The molecule has 0 amide bonds. The molecular formula is C15H18N2O4S. The zero-order valence-corrected chi connectivity index (χ0v) is 13.1. The van der Waals surface area contributed by atoms with Crippen molar-refractivity contribution in [1.29, 1.82) is 0 Å². The maximum absolute atomic E-state index is 12.1. The standard InChI is InChI=1S/C15H18N2O4S/c1-22(20,21)13-5-2-6-16-15-11(13)9-12-10(8-14(18)19)4-3-7-17(12)15/h2,6,9-10H,3-5,7-8H2,1H3,(H,18,19). The summed E-state index contributed by atoms with van der Waals surface area (Å²) in [6.45, 7) is 0.745. The fourth-order valence-corrected chi connectivity index (χ4v) is 4.23. The lowest BCUT2D eigenvalue weighted by Crippen LogP contribution is -2.33. The van der Waals surface area contributed by atoms with Gasteiger partial charge < -0.3 is 9.67 Å². The minimum atomic E-state index is -3.33. The van der Waals surface area contributed by atoms with Crippen molar-refractivity contribution < 1.29 is 18.3 Å². The van der Waals surface area contributed by atoms with E-state index in [0.717, 1.165) is 25.1 Å². The van der Waals surface area contributed by atoms with Crippen LogP contribution in [0.25, 0.3) is 4.91 Å². The Balaban J connectivity index is 2.30. The first-order valence-corrected chi connectivity index (χ1v) is 9.14. The molecule has 0 aromatic carbocycles. The summed E-state index contributed by atoms with van der Waals surface area (Å²) < 4.78 is 26.1. The molecule has 3 heterocycles. The van der Waals surface area contributed by atoms with E-state index in [1.54, 1.807) is 12.3 Å². The lowest BCUT2D eigenvalue weighted by atomic mass is 9.93. The van der Waals surface area contributed by atoms with Crippen LogP contribution < -0.4 is 10.7 Å². The monoisotopic (exact) mass is 322 g/mol. The number of nitrogens with zero attached hydrogens (tertiary/aromatic N) is 2. The summed E-state index contributed by atoms with van der Waals surface area (Å²) in [7, 11) is -3.33. The van der Waals surface area contributed by atoms with Gasteiger partial charge in [0.2, 0.25) is 0 Å². The van der Waals surface area contributed by atoms with E-state index < -0.39 is 15.8 Å². The van der Waals surface area contributed by atoms with E-state index in [2.05, 4.69) is 4.99 Å². The molecular weight excluding hydrogens is 304 g/mol. The first-order chi connectivity index (χ1) is 10.4. The number of sulfone groups is 1. The molecule has 0 bridgehead atoms. The van der Waals surface area contributed by atoms with E-state index in [-0.39, 0.29) is 12.3 Å². The van der Waals surface area contributed by atoms with Gasteiger partial charge in [-0.3, -0.25) is 4.79 Å². The van der Waals surface area contributed by atoms with Gasteiger partial charge in [-0.15, -0.1) is 0 Å². The number of carboxylic acids is 1. The lowest BCUT2D eigenvalue weighted by molar-refractivity contribution is -0.137. The van der Waals surface area contributed by atoms with Crippen molar-refractivity contribution in [2.45, 2.75) is 38.1 Å². The number of fused-ring (bicyclic) bond motifs is 3. The highest BCUT2D eigenvalue weighted by Gasteiger charge is 2.26. The first-order valence-electron chi connectivity index (χ1n) is 7.25. The van der Waals surface area contributed by atoms with Crippen LogP contribution in [0.1, 0.15) is 37.3 Å². The van der Waals surface area contributed by atoms with Gasteiger partial charge in [-0.2, -0.15) is 0 Å². The van der Waals surface area contributed by atoms with E-state index in [9.17, 15) is 13.2 Å². The number of rotatable bonds is 3.